The maximum atomic E-state index is 14.0. The van der Waals surface area contributed by atoms with Gasteiger partial charge in [0.2, 0.25) is 5.91 Å². The molecule has 1 aliphatic heterocycles. The Bertz CT molecular complexity index is 1400. The highest BCUT2D eigenvalue weighted by Crippen LogP contribution is 2.39. The summed E-state index contributed by atoms with van der Waals surface area (Å²) >= 11 is 10.1. The summed E-state index contributed by atoms with van der Waals surface area (Å²) in [5.41, 5.74) is 5.42. The highest BCUT2D eigenvalue weighted by atomic mass is 79.9. The summed E-state index contributed by atoms with van der Waals surface area (Å²) in [5.74, 6) is 0.455. The van der Waals surface area contributed by atoms with Crippen LogP contribution in [0, 0.1) is 5.92 Å². The van der Waals surface area contributed by atoms with Crippen LogP contribution in [0.1, 0.15) is 59.4 Å². The maximum Gasteiger partial charge on any atom is 0.256 e. The second-order valence-electron chi connectivity index (χ2n) is 11.6. The fraction of sp³-hybridized carbons (Fsp3) is 0.424. The number of pyridine rings is 1. The van der Waals surface area contributed by atoms with E-state index in [0.717, 1.165) is 33.6 Å². The second-order valence-corrected chi connectivity index (χ2v) is 13.0. The van der Waals surface area contributed by atoms with E-state index in [9.17, 15) is 9.59 Å². The molecule has 1 saturated heterocycles. The van der Waals surface area contributed by atoms with Crippen LogP contribution in [0.3, 0.4) is 0 Å². The molecule has 2 aromatic carbocycles. The standard InChI is InChI=1S/C33H36BrClN4O3/c1-42-32(22-5-3-2-4-6-22)33(41)39-14-13-38(20-27(39)17-29(40)36-18-21-7-8-21)31-28-12-11-26(35)16-23(28)9-10-24-15-25(34)19-37-30(24)31/h2-6,11-12,15-16,19,21,27,31-32H,7-10,13-14,17-18,20H2,1H3,(H,36,40). The Morgan fingerprint density at radius 3 is 2.64 bits per heavy atom. The minimum atomic E-state index is -0.727. The number of hydrogen-bond acceptors (Lipinski definition) is 5. The minimum Gasteiger partial charge on any atom is -0.367 e. The van der Waals surface area contributed by atoms with Gasteiger partial charge in [0.25, 0.3) is 5.91 Å². The molecule has 0 bridgehead atoms. The van der Waals surface area contributed by atoms with Gasteiger partial charge in [0.05, 0.1) is 17.8 Å². The Hall–Kier alpha value is -2.78. The van der Waals surface area contributed by atoms with Crippen molar-refractivity contribution < 1.29 is 14.3 Å². The molecule has 7 nitrogen and oxygen atoms in total. The van der Waals surface area contributed by atoms with Gasteiger partial charge in [-0.1, -0.05) is 48.0 Å². The van der Waals surface area contributed by atoms with E-state index in [2.05, 4.69) is 44.3 Å². The second kappa shape index (κ2) is 12.8. The van der Waals surface area contributed by atoms with Crippen molar-refractivity contribution in [2.75, 3.05) is 33.3 Å². The molecule has 2 fully saturated rings. The lowest BCUT2D eigenvalue weighted by Gasteiger charge is -2.45. The molecule has 3 aliphatic rings. The Balaban J connectivity index is 1.32. The van der Waals surface area contributed by atoms with E-state index in [4.69, 9.17) is 21.3 Å². The third-order valence-corrected chi connectivity index (χ3v) is 9.39. The largest absolute Gasteiger partial charge is 0.367 e. The summed E-state index contributed by atoms with van der Waals surface area (Å²) in [5, 5.41) is 3.84. The number of nitrogens with zero attached hydrogens (tertiary/aromatic N) is 3. The van der Waals surface area contributed by atoms with Gasteiger partial charge < -0.3 is 15.0 Å². The summed E-state index contributed by atoms with van der Waals surface area (Å²) in [4.78, 5) is 36.4. The Morgan fingerprint density at radius 2 is 1.88 bits per heavy atom. The summed E-state index contributed by atoms with van der Waals surface area (Å²) in [6.07, 6.45) is 5.44. The van der Waals surface area contributed by atoms with E-state index in [1.807, 2.05) is 47.5 Å². The lowest BCUT2D eigenvalue weighted by molar-refractivity contribution is -0.148. The van der Waals surface area contributed by atoms with Gasteiger partial charge in [-0.2, -0.15) is 0 Å². The Kier molecular flexibility index (Phi) is 8.96. The van der Waals surface area contributed by atoms with Gasteiger partial charge in [-0.05, 0) is 88.0 Å². The highest BCUT2D eigenvalue weighted by Gasteiger charge is 2.40. The third-order valence-electron chi connectivity index (χ3n) is 8.72. The van der Waals surface area contributed by atoms with Gasteiger partial charge in [-0.15, -0.1) is 0 Å². The van der Waals surface area contributed by atoms with Crippen LogP contribution < -0.4 is 5.32 Å². The van der Waals surface area contributed by atoms with Crippen molar-refractivity contribution in [3.63, 3.8) is 0 Å². The Labute approximate surface area is 260 Å². The summed E-state index contributed by atoms with van der Waals surface area (Å²) in [6.45, 7) is 2.37. The number of aryl methyl sites for hydroxylation is 2. The fourth-order valence-corrected chi connectivity index (χ4v) is 6.96. The zero-order valence-corrected chi connectivity index (χ0v) is 26.1. The normalized spacial score (nSPS) is 21.2. The molecule has 42 heavy (non-hydrogen) atoms. The van der Waals surface area contributed by atoms with Crippen molar-refractivity contribution >= 4 is 39.3 Å². The molecular weight excluding hydrogens is 616 g/mol. The molecule has 220 valence electrons. The Morgan fingerprint density at radius 1 is 1.10 bits per heavy atom. The maximum absolute atomic E-state index is 14.0. The molecule has 1 aromatic heterocycles. The van der Waals surface area contributed by atoms with Crippen LogP contribution in [0.15, 0.2) is 65.3 Å². The number of rotatable bonds is 8. The molecule has 0 radical (unpaired) electrons. The lowest BCUT2D eigenvalue weighted by atomic mass is 9.94. The average Bonchev–Trinajstić information content (AvgIpc) is 3.84. The number of piperazine rings is 1. The van der Waals surface area contributed by atoms with Gasteiger partial charge in [0.1, 0.15) is 0 Å². The number of aromatic nitrogens is 1. The molecule has 3 atom stereocenters. The SMILES string of the molecule is COC(C(=O)N1CCN(C2c3ccc(Cl)cc3CCc3cc(Br)cnc32)CC1CC(=O)NCC1CC1)c1ccccc1. The number of ether oxygens (including phenoxy) is 1. The summed E-state index contributed by atoms with van der Waals surface area (Å²) in [6, 6.07) is 17.4. The molecule has 2 aliphatic carbocycles. The van der Waals surface area contributed by atoms with E-state index in [-0.39, 0.29) is 30.3 Å². The number of nitrogens with one attached hydrogen (secondary N) is 1. The number of halogens is 2. The highest BCUT2D eigenvalue weighted by molar-refractivity contribution is 9.10. The van der Waals surface area contributed by atoms with Crippen molar-refractivity contribution in [1.82, 2.24) is 20.1 Å². The van der Waals surface area contributed by atoms with Gasteiger partial charge in [-0.25, -0.2) is 0 Å². The van der Waals surface area contributed by atoms with Crippen LogP contribution >= 0.6 is 27.5 Å². The number of fused-ring (bicyclic) bond motifs is 2. The van der Waals surface area contributed by atoms with Crippen molar-refractivity contribution in [2.45, 2.75) is 50.3 Å². The number of hydrogen-bond donors (Lipinski definition) is 1. The topological polar surface area (TPSA) is 74.8 Å². The van der Waals surface area contributed by atoms with Crippen molar-refractivity contribution in [2.24, 2.45) is 5.92 Å². The molecule has 2 amide bonds. The van der Waals surface area contributed by atoms with E-state index in [1.165, 1.54) is 29.5 Å². The molecule has 2 heterocycles. The zero-order chi connectivity index (χ0) is 29.2. The van der Waals surface area contributed by atoms with Gasteiger partial charge in [0.15, 0.2) is 6.10 Å². The van der Waals surface area contributed by atoms with Gasteiger partial charge in [-0.3, -0.25) is 19.5 Å². The summed E-state index contributed by atoms with van der Waals surface area (Å²) in [7, 11) is 1.57. The van der Waals surface area contributed by atoms with Crippen LogP contribution in [0.2, 0.25) is 5.02 Å². The molecule has 1 N–H and O–H groups in total. The zero-order valence-electron chi connectivity index (χ0n) is 23.8. The van der Waals surface area contributed by atoms with Crippen molar-refractivity contribution in [3.05, 3.63) is 98.2 Å². The fourth-order valence-electron chi connectivity index (χ4n) is 6.38. The van der Waals surface area contributed by atoms with E-state index >= 15 is 0 Å². The number of methoxy groups -OCH3 is 1. The molecule has 3 unspecified atom stereocenters. The van der Waals surface area contributed by atoms with Crippen LogP contribution in [-0.4, -0.2) is 65.9 Å². The molecule has 0 spiro atoms. The first-order valence-corrected chi connectivity index (χ1v) is 15.9. The average molecular weight is 652 g/mol. The predicted octanol–water partition coefficient (Wildman–Crippen LogP) is 5.50. The van der Waals surface area contributed by atoms with Crippen LogP contribution in [0.4, 0.5) is 0 Å². The van der Waals surface area contributed by atoms with Crippen molar-refractivity contribution in [1.29, 1.82) is 0 Å². The number of benzene rings is 2. The van der Waals surface area contributed by atoms with Gasteiger partial charge in [0, 0.05) is 55.4 Å². The van der Waals surface area contributed by atoms with E-state index in [1.54, 1.807) is 7.11 Å². The molecule has 1 saturated carbocycles. The molecule has 3 aromatic rings. The van der Waals surface area contributed by atoms with Crippen molar-refractivity contribution in [3.8, 4) is 0 Å². The smallest absolute Gasteiger partial charge is 0.256 e. The minimum absolute atomic E-state index is 0.0178. The van der Waals surface area contributed by atoms with Gasteiger partial charge >= 0.3 is 0 Å². The first-order chi connectivity index (χ1) is 20.4. The third kappa shape index (κ3) is 6.42. The number of carbonyl (C=O) groups is 2. The molecular formula is C33H36BrClN4O3. The first-order valence-electron chi connectivity index (χ1n) is 14.7. The van der Waals surface area contributed by atoms with E-state index in [0.29, 0.717) is 32.1 Å². The van der Waals surface area contributed by atoms with E-state index < -0.39 is 6.10 Å². The van der Waals surface area contributed by atoms with Crippen LogP contribution in [-0.2, 0) is 27.2 Å². The van der Waals surface area contributed by atoms with Crippen LogP contribution in [0.5, 0.6) is 0 Å². The molecule has 9 heteroatoms. The summed E-state index contributed by atoms with van der Waals surface area (Å²) < 4.78 is 6.69. The predicted molar refractivity (Wildman–Crippen MR) is 166 cm³/mol. The monoisotopic (exact) mass is 650 g/mol. The number of amides is 2. The quantitative estimate of drug-likeness (QED) is 0.348. The number of carbonyl (C=O) groups excluding carboxylic acids is 2. The molecule has 6 rings (SSSR count). The van der Waals surface area contributed by atoms with Crippen LogP contribution in [0.25, 0.3) is 0 Å². The lowest BCUT2D eigenvalue weighted by Crippen LogP contribution is -2.58. The first kappa shape index (κ1) is 29.3.